The number of thioether (sulfide) groups is 1. The molecule has 3 rings (SSSR count). The number of hydrogen-bond donors (Lipinski definition) is 0. The number of rotatable bonds is 4. The molecule has 2 aromatic carbocycles. The van der Waals surface area contributed by atoms with Gasteiger partial charge in [-0.25, -0.2) is 8.78 Å². The van der Waals surface area contributed by atoms with Crippen LogP contribution in [0.2, 0.25) is 0 Å². The second-order valence-electron chi connectivity index (χ2n) is 5.60. The molecule has 26 heavy (non-hydrogen) atoms. The van der Waals surface area contributed by atoms with Crippen molar-refractivity contribution in [3.63, 3.8) is 0 Å². The van der Waals surface area contributed by atoms with Crippen LogP contribution in [-0.2, 0) is 4.79 Å². The number of carbonyl (C=O) groups is 1. The number of hydrogen-bond acceptors (Lipinski definition) is 4. The summed E-state index contributed by atoms with van der Waals surface area (Å²) >= 11 is 1.54. The van der Waals surface area contributed by atoms with Gasteiger partial charge in [-0.1, -0.05) is 0 Å². The summed E-state index contributed by atoms with van der Waals surface area (Å²) in [6.45, 7) is 0.501. The van der Waals surface area contributed by atoms with E-state index in [9.17, 15) is 23.7 Å². The molecule has 0 saturated carbocycles. The average molecular weight is 376 g/mol. The molecule has 0 radical (unpaired) electrons. The van der Waals surface area contributed by atoms with Gasteiger partial charge in [-0.3, -0.25) is 14.9 Å². The van der Waals surface area contributed by atoms with Gasteiger partial charge in [0.05, 0.1) is 4.92 Å². The van der Waals surface area contributed by atoms with Gasteiger partial charge in [-0.15, -0.1) is 11.8 Å². The summed E-state index contributed by atoms with van der Waals surface area (Å²) < 4.78 is 26.8. The lowest BCUT2D eigenvalue weighted by Crippen LogP contribution is -2.28. The summed E-state index contributed by atoms with van der Waals surface area (Å²) in [7, 11) is 0. The lowest BCUT2D eigenvalue weighted by atomic mass is 10.1. The quantitative estimate of drug-likeness (QED) is 0.457. The molecule has 1 amide bonds. The molecule has 1 unspecified atom stereocenters. The third-order valence-electron chi connectivity index (χ3n) is 3.93. The smallest absolute Gasteiger partial charge is 0.269 e. The van der Waals surface area contributed by atoms with Gasteiger partial charge in [0.1, 0.15) is 17.0 Å². The van der Waals surface area contributed by atoms with E-state index in [1.807, 2.05) is 0 Å². The molecule has 1 atom stereocenters. The van der Waals surface area contributed by atoms with E-state index in [4.69, 9.17) is 0 Å². The zero-order valence-corrected chi connectivity index (χ0v) is 14.3. The molecule has 0 N–H and O–H groups in total. The number of amides is 1. The molecule has 0 bridgehead atoms. The summed E-state index contributed by atoms with van der Waals surface area (Å²) in [5.41, 5.74) is 0.755. The molecular weight excluding hydrogens is 362 g/mol. The first kappa shape index (κ1) is 18.1. The molecule has 0 aromatic heterocycles. The van der Waals surface area contributed by atoms with E-state index in [-0.39, 0.29) is 22.5 Å². The summed E-state index contributed by atoms with van der Waals surface area (Å²) in [6.07, 6.45) is 2.46. The lowest BCUT2D eigenvalue weighted by molar-refractivity contribution is -0.384. The Hall–Kier alpha value is -2.74. The van der Waals surface area contributed by atoms with Gasteiger partial charge in [-0.05, 0) is 42.0 Å². The lowest BCUT2D eigenvalue weighted by Gasteiger charge is -2.22. The van der Waals surface area contributed by atoms with Crippen molar-refractivity contribution in [1.82, 2.24) is 4.90 Å². The summed E-state index contributed by atoms with van der Waals surface area (Å²) in [6, 6.07) is 9.07. The molecule has 5 nitrogen and oxygen atoms in total. The van der Waals surface area contributed by atoms with Gasteiger partial charge >= 0.3 is 0 Å². The van der Waals surface area contributed by atoms with Crippen molar-refractivity contribution in [2.24, 2.45) is 0 Å². The third-order valence-corrected chi connectivity index (χ3v) is 5.19. The number of halogens is 2. The van der Waals surface area contributed by atoms with Gasteiger partial charge < -0.3 is 4.90 Å². The third kappa shape index (κ3) is 3.91. The van der Waals surface area contributed by atoms with Gasteiger partial charge in [0.2, 0.25) is 5.91 Å². The molecule has 1 fully saturated rings. The molecule has 0 aliphatic carbocycles. The molecule has 134 valence electrons. The van der Waals surface area contributed by atoms with Crippen molar-refractivity contribution < 1.29 is 18.5 Å². The Labute approximate surface area is 152 Å². The summed E-state index contributed by atoms with van der Waals surface area (Å²) in [5.74, 6) is -0.811. The molecule has 1 saturated heterocycles. The Balaban J connectivity index is 1.76. The number of benzene rings is 2. The molecule has 1 aliphatic heterocycles. The zero-order chi connectivity index (χ0) is 18.7. The highest BCUT2D eigenvalue weighted by Crippen LogP contribution is 2.38. The summed E-state index contributed by atoms with van der Waals surface area (Å²) in [5, 5.41) is 10.5. The van der Waals surface area contributed by atoms with E-state index in [1.54, 1.807) is 28.8 Å². The Morgan fingerprint density at radius 1 is 1.23 bits per heavy atom. The minimum absolute atomic E-state index is 0.00270. The van der Waals surface area contributed by atoms with E-state index < -0.39 is 16.6 Å². The molecule has 0 spiro atoms. The second-order valence-corrected chi connectivity index (χ2v) is 6.79. The highest BCUT2D eigenvalue weighted by atomic mass is 32.2. The van der Waals surface area contributed by atoms with Crippen LogP contribution in [0.4, 0.5) is 14.5 Å². The molecule has 8 heteroatoms. The van der Waals surface area contributed by atoms with Crippen molar-refractivity contribution in [2.75, 3.05) is 12.3 Å². The van der Waals surface area contributed by atoms with Crippen molar-refractivity contribution in [3.8, 4) is 0 Å². The predicted molar refractivity (Wildman–Crippen MR) is 95.4 cm³/mol. The fourth-order valence-corrected chi connectivity index (χ4v) is 3.90. The van der Waals surface area contributed by atoms with E-state index >= 15 is 0 Å². The maximum atomic E-state index is 13.6. The monoisotopic (exact) mass is 376 g/mol. The Morgan fingerprint density at radius 3 is 2.65 bits per heavy atom. The molecular formula is C18H14F2N2O3S. The second kappa shape index (κ2) is 7.65. The number of nitrogens with zero attached hydrogens (tertiary/aromatic N) is 2. The highest BCUT2D eigenvalue weighted by Gasteiger charge is 2.29. The van der Waals surface area contributed by atoms with Crippen LogP contribution >= 0.6 is 11.8 Å². The van der Waals surface area contributed by atoms with Crippen LogP contribution in [0, 0.1) is 21.7 Å². The predicted octanol–water partition coefficient (Wildman–Crippen LogP) is 4.16. The van der Waals surface area contributed by atoms with E-state index in [1.165, 1.54) is 24.3 Å². The molecule has 2 aromatic rings. The van der Waals surface area contributed by atoms with Crippen LogP contribution in [-0.4, -0.2) is 28.0 Å². The van der Waals surface area contributed by atoms with Crippen LogP contribution in [0.15, 0.2) is 48.5 Å². The molecule has 1 aliphatic rings. The fraction of sp³-hybridized carbons (Fsp3) is 0.167. The largest absolute Gasteiger partial charge is 0.322 e. The Bertz CT molecular complexity index is 871. The highest BCUT2D eigenvalue weighted by molar-refractivity contribution is 7.99. The standard InChI is InChI=1S/C18H14F2N2O3S/c19-14-4-7-16(20)13(11-14)3-8-17(23)21-9-10-26-18(21)12-1-5-15(6-2-12)22(24)25/h1-8,11,18H,9-10H2/b8-3+. The first-order chi connectivity index (χ1) is 12.5. The van der Waals surface area contributed by atoms with Gasteiger partial charge in [0.15, 0.2) is 0 Å². The van der Waals surface area contributed by atoms with Crippen molar-refractivity contribution in [3.05, 3.63) is 81.4 Å². The van der Waals surface area contributed by atoms with Crippen LogP contribution < -0.4 is 0 Å². The minimum Gasteiger partial charge on any atom is -0.322 e. The molecule has 1 heterocycles. The van der Waals surface area contributed by atoms with Crippen LogP contribution in [0.1, 0.15) is 16.5 Å². The maximum absolute atomic E-state index is 13.6. The number of carbonyl (C=O) groups excluding carboxylic acids is 1. The van der Waals surface area contributed by atoms with E-state index in [2.05, 4.69) is 0 Å². The van der Waals surface area contributed by atoms with Gasteiger partial charge in [-0.2, -0.15) is 0 Å². The van der Waals surface area contributed by atoms with Crippen LogP contribution in [0.25, 0.3) is 6.08 Å². The van der Waals surface area contributed by atoms with Crippen LogP contribution in [0.5, 0.6) is 0 Å². The van der Waals surface area contributed by atoms with Crippen molar-refractivity contribution in [1.29, 1.82) is 0 Å². The number of nitro groups is 1. The first-order valence-electron chi connectivity index (χ1n) is 7.75. The SMILES string of the molecule is O=C(/C=C/c1cc(F)ccc1F)N1CCSC1c1ccc([N+](=O)[O-])cc1. The topological polar surface area (TPSA) is 63.5 Å². The van der Waals surface area contributed by atoms with Crippen molar-refractivity contribution >= 4 is 29.4 Å². The van der Waals surface area contributed by atoms with Gasteiger partial charge in [0.25, 0.3) is 5.69 Å². The van der Waals surface area contributed by atoms with Crippen molar-refractivity contribution in [2.45, 2.75) is 5.37 Å². The number of nitro benzene ring substituents is 1. The van der Waals surface area contributed by atoms with E-state index in [0.717, 1.165) is 29.5 Å². The Kier molecular flexibility index (Phi) is 5.32. The maximum Gasteiger partial charge on any atom is 0.269 e. The Morgan fingerprint density at radius 2 is 1.96 bits per heavy atom. The zero-order valence-electron chi connectivity index (χ0n) is 13.5. The number of non-ortho nitro benzene ring substituents is 1. The normalized spacial score (nSPS) is 17.0. The van der Waals surface area contributed by atoms with Gasteiger partial charge in [0, 0.05) is 36.1 Å². The first-order valence-corrected chi connectivity index (χ1v) is 8.80. The van der Waals surface area contributed by atoms with E-state index in [0.29, 0.717) is 6.54 Å². The fourth-order valence-electron chi connectivity index (χ4n) is 2.63. The van der Waals surface area contributed by atoms with Crippen LogP contribution in [0.3, 0.4) is 0 Å². The average Bonchev–Trinajstić information content (AvgIpc) is 3.12. The summed E-state index contributed by atoms with van der Waals surface area (Å²) in [4.78, 5) is 24.3. The minimum atomic E-state index is -0.613.